The molecule has 0 N–H and O–H groups in total. The van der Waals surface area contributed by atoms with E-state index in [4.69, 9.17) is 27.9 Å². The molecule has 1 aliphatic heterocycles. The molecule has 0 aliphatic carbocycles. The first kappa shape index (κ1) is 22.9. The van der Waals surface area contributed by atoms with E-state index in [0.717, 1.165) is 17.8 Å². The number of likely N-dealkylation sites (N-methyl/N-ethyl adjacent to an activating group) is 1. The third-order valence-electron chi connectivity index (χ3n) is 5.87. The molecule has 34 heavy (non-hydrogen) atoms. The fourth-order valence-electron chi connectivity index (χ4n) is 4.07. The van der Waals surface area contributed by atoms with Gasteiger partial charge in [-0.25, -0.2) is 14.5 Å². The van der Waals surface area contributed by atoms with Crippen LogP contribution >= 0.6 is 23.2 Å². The lowest BCUT2D eigenvalue weighted by atomic mass is 10.00. The molecule has 0 spiro atoms. The largest absolute Gasteiger partial charge is 0.378 e. The monoisotopic (exact) mass is 500 g/mol. The fraction of sp³-hybridized carbons (Fsp3) is 0.364. The number of ether oxygens (including phenoxy) is 1. The molecule has 0 saturated carbocycles. The summed E-state index contributed by atoms with van der Waals surface area (Å²) in [6.07, 6.45) is 7.49. The van der Waals surface area contributed by atoms with Crippen molar-refractivity contribution in [1.82, 2.24) is 39.5 Å². The zero-order valence-corrected chi connectivity index (χ0v) is 19.9. The molecule has 0 radical (unpaired) electrons. The van der Waals surface area contributed by atoms with Gasteiger partial charge in [0.1, 0.15) is 5.78 Å². The van der Waals surface area contributed by atoms with Crippen LogP contribution in [-0.2, 0) is 28.8 Å². The molecule has 5 rings (SSSR count). The Morgan fingerprint density at radius 1 is 1.15 bits per heavy atom. The van der Waals surface area contributed by atoms with Crippen LogP contribution < -0.4 is 0 Å². The Kier molecular flexibility index (Phi) is 6.55. The summed E-state index contributed by atoms with van der Waals surface area (Å²) in [5.41, 5.74) is 3.08. The average molecular weight is 501 g/mol. The Bertz CT molecular complexity index is 1320. The number of rotatable bonds is 7. The Morgan fingerprint density at radius 2 is 1.97 bits per heavy atom. The number of morpholine rings is 1. The van der Waals surface area contributed by atoms with Gasteiger partial charge in [-0.15, -0.1) is 4.80 Å². The third kappa shape index (κ3) is 4.80. The van der Waals surface area contributed by atoms with Gasteiger partial charge in [0.25, 0.3) is 0 Å². The zero-order valence-electron chi connectivity index (χ0n) is 18.4. The molecule has 0 bridgehead atoms. The first-order valence-corrected chi connectivity index (χ1v) is 11.6. The van der Waals surface area contributed by atoms with Gasteiger partial charge >= 0.3 is 0 Å². The van der Waals surface area contributed by atoms with Crippen LogP contribution in [0.5, 0.6) is 0 Å². The molecule has 0 amide bonds. The first-order chi connectivity index (χ1) is 16.5. The topological polar surface area (TPSA) is 103 Å². The van der Waals surface area contributed by atoms with Crippen LogP contribution in [0.1, 0.15) is 16.8 Å². The number of pyridine rings is 1. The molecule has 4 aromatic rings. The molecule has 176 valence electrons. The van der Waals surface area contributed by atoms with Gasteiger partial charge in [0.2, 0.25) is 0 Å². The average Bonchev–Trinajstić information content (AvgIpc) is 3.46. The quantitative estimate of drug-likeness (QED) is 0.380. The highest BCUT2D eigenvalue weighted by Gasteiger charge is 2.24. The van der Waals surface area contributed by atoms with Crippen molar-refractivity contribution in [2.24, 2.45) is 0 Å². The van der Waals surface area contributed by atoms with Crippen molar-refractivity contribution in [3.8, 4) is 5.82 Å². The highest BCUT2D eigenvalue weighted by atomic mass is 35.5. The maximum atomic E-state index is 13.0. The summed E-state index contributed by atoms with van der Waals surface area (Å²) in [7, 11) is 2.08. The van der Waals surface area contributed by atoms with Crippen LogP contribution in [0.2, 0.25) is 10.2 Å². The normalized spacial score (nSPS) is 16.9. The minimum atomic E-state index is 0.0109. The van der Waals surface area contributed by atoms with Crippen molar-refractivity contribution in [2.75, 3.05) is 26.8 Å². The molecule has 1 fully saturated rings. The molecule has 1 aliphatic rings. The van der Waals surface area contributed by atoms with E-state index in [0.29, 0.717) is 46.8 Å². The zero-order chi connectivity index (χ0) is 23.7. The second-order valence-electron chi connectivity index (χ2n) is 8.24. The predicted octanol–water partition coefficient (Wildman–Crippen LogP) is 2.24. The summed E-state index contributed by atoms with van der Waals surface area (Å²) < 4.78 is 7.41. The molecule has 5 heterocycles. The molecular weight excluding hydrogens is 479 g/mol. The number of fused-ring (bicyclic) bond motifs is 1. The molecule has 4 aromatic heterocycles. The van der Waals surface area contributed by atoms with Crippen LogP contribution in [-0.4, -0.2) is 78.1 Å². The summed E-state index contributed by atoms with van der Waals surface area (Å²) in [4.78, 5) is 25.4. The summed E-state index contributed by atoms with van der Waals surface area (Å²) in [6, 6.07) is 3.60. The van der Waals surface area contributed by atoms with Gasteiger partial charge in [-0.3, -0.25) is 9.69 Å². The van der Waals surface area contributed by atoms with Crippen LogP contribution in [0.4, 0.5) is 0 Å². The number of nitrogens with zero attached hydrogens (tertiary/aromatic N) is 8. The van der Waals surface area contributed by atoms with Crippen LogP contribution in [0.15, 0.2) is 36.9 Å². The number of halogens is 2. The van der Waals surface area contributed by atoms with Crippen LogP contribution in [0, 0.1) is 0 Å². The Balaban J connectivity index is 1.37. The Labute approximate surface area is 205 Å². The van der Waals surface area contributed by atoms with E-state index in [1.165, 1.54) is 4.80 Å². The molecular formula is C22H22Cl2N8O2. The van der Waals surface area contributed by atoms with Crippen molar-refractivity contribution in [1.29, 1.82) is 0 Å². The molecule has 12 heteroatoms. The highest BCUT2D eigenvalue weighted by molar-refractivity contribution is 6.32. The molecule has 1 unspecified atom stereocenters. The van der Waals surface area contributed by atoms with Crippen molar-refractivity contribution < 1.29 is 9.53 Å². The predicted molar refractivity (Wildman–Crippen MR) is 126 cm³/mol. The lowest BCUT2D eigenvalue weighted by Crippen LogP contribution is -2.44. The summed E-state index contributed by atoms with van der Waals surface area (Å²) >= 11 is 12.5. The van der Waals surface area contributed by atoms with E-state index in [1.54, 1.807) is 41.4 Å². The van der Waals surface area contributed by atoms with E-state index in [9.17, 15) is 4.79 Å². The van der Waals surface area contributed by atoms with Crippen molar-refractivity contribution in [3.63, 3.8) is 0 Å². The van der Waals surface area contributed by atoms with Crippen LogP contribution in [0.25, 0.3) is 11.5 Å². The number of ketones is 1. The summed E-state index contributed by atoms with van der Waals surface area (Å²) in [5.74, 6) is 0.422. The summed E-state index contributed by atoms with van der Waals surface area (Å²) in [5, 5.41) is 13.2. The number of aromatic nitrogens is 7. The van der Waals surface area contributed by atoms with E-state index >= 15 is 0 Å². The minimum absolute atomic E-state index is 0.0109. The smallest absolute Gasteiger partial charge is 0.193 e. The van der Waals surface area contributed by atoms with Crippen molar-refractivity contribution in [3.05, 3.63) is 63.9 Å². The van der Waals surface area contributed by atoms with Crippen molar-refractivity contribution >= 4 is 34.6 Å². The minimum Gasteiger partial charge on any atom is -0.378 e. The number of carbonyl (C=O) groups excluding carboxylic acids is 1. The van der Waals surface area contributed by atoms with Gasteiger partial charge in [-0.05, 0) is 24.2 Å². The Hall–Kier alpha value is -2.92. The first-order valence-electron chi connectivity index (χ1n) is 10.8. The van der Waals surface area contributed by atoms with Gasteiger partial charge in [0.05, 0.1) is 36.3 Å². The SMILES string of the molecule is CN1CCOCC1Cc1c(CC(=O)Cc2cnc(-n3nccn3)c(Cl)c2)cnc2cc(Cl)nn12. The second kappa shape index (κ2) is 9.75. The lowest BCUT2D eigenvalue weighted by molar-refractivity contribution is -0.117. The number of hydrogen-bond acceptors (Lipinski definition) is 8. The Morgan fingerprint density at radius 3 is 2.74 bits per heavy atom. The van der Waals surface area contributed by atoms with Crippen molar-refractivity contribution in [2.45, 2.75) is 25.3 Å². The molecule has 1 atom stereocenters. The van der Waals surface area contributed by atoms with E-state index < -0.39 is 0 Å². The van der Waals surface area contributed by atoms with E-state index in [1.807, 2.05) is 0 Å². The lowest BCUT2D eigenvalue weighted by Gasteiger charge is -2.32. The highest BCUT2D eigenvalue weighted by Crippen LogP contribution is 2.21. The molecule has 0 aromatic carbocycles. The van der Waals surface area contributed by atoms with Gasteiger partial charge in [0.15, 0.2) is 16.6 Å². The fourth-order valence-corrected chi connectivity index (χ4v) is 4.51. The van der Waals surface area contributed by atoms with Gasteiger partial charge in [-0.1, -0.05) is 23.2 Å². The summed E-state index contributed by atoms with van der Waals surface area (Å²) in [6.45, 7) is 2.18. The number of hydrogen-bond donors (Lipinski definition) is 0. The van der Waals surface area contributed by atoms with Crippen LogP contribution in [0.3, 0.4) is 0 Å². The maximum Gasteiger partial charge on any atom is 0.193 e. The number of carbonyl (C=O) groups is 1. The molecule has 10 nitrogen and oxygen atoms in total. The van der Waals surface area contributed by atoms with E-state index in [2.05, 4.69) is 37.2 Å². The van der Waals surface area contributed by atoms with Gasteiger partial charge in [-0.2, -0.15) is 15.3 Å². The van der Waals surface area contributed by atoms with Gasteiger partial charge in [0, 0.05) is 50.3 Å². The van der Waals surface area contributed by atoms with Gasteiger partial charge < -0.3 is 4.74 Å². The molecule has 1 saturated heterocycles. The standard InChI is InChI=1S/C22H22Cl2N8O2/c1-30-4-5-34-13-16(30)9-19-15(12-25-21-10-20(24)29-31(19)21)8-17(33)6-14-7-18(23)22(26-11-14)32-27-2-3-28-32/h2-3,7,10-12,16H,4-6,8-9,13H2,1H3. The van der Waals surface area contributed by atoms with E-state index in [-0.39, 0.29) is 24.7 Å². The maximum absolute atomic E-state index is 13.0. The third-order valence-corrected chi connectivity index (χ3v) is 6.33. The number of Topliss-reactive ketones (excluding diaryl/α,β-unsaturated/α-hetero) is 1. The second-order valence-corrected chi connectivity index (χ2v) is 9.03.